The number of ketones is 1. The van der Waals surface area contributed by atoms with E-state index in [1.807, 2.05) is 13.0 Å². The molecule has 2 fully saturated rings. The van der Waals surface area contributed by atoms with Crippen molar-refractivity contribution in [2.24, 2.45) is 11.8 Å². The minimum Gasteiger partial charge on any atom is -0.299 e. The first-order valence-electron chi connectivity index (χ1n) is 6.19. The van der Waals surface area contributed by atoms with Crippen molar-refractivity contribution in [3.8, 4) is 0 Å². The minimum absolute atomic E-state index is 0.245. The van der Waals surface area contributed by atoms with Gasteiger partial charge >= 0.3 is 0 Å². The van der Waals surface area contributed by atoms with E-state index < -0.39 is 0 Å². The number of hydrogen-bond acceptors (Lipinski definition) is 2. The number of allylic oxidation sites excluding steroid dienone is 1. The summed E-state index contributed by atoms with van der Waals surface area (Å²) >= 11 is 0. The summed E-state index contributed by atoms with van der Waals surface area (Å²) in [5.74, 6) is 2.13. The highest BCUT2D eigenvalue weighted by Gasteiger charge is 2.31. The molecule has 84 valence electrons. The van der Waals surface area contributed by atoms with Gasteiger partial charge in [0.05, 0.1) is 0 Å². The molecule has 1 saturated carbocycles. The number of fused-ring (bicyclic) bond motifs is 2. The van der Waals surface area contributed by atoms with Crippen LogP contribution in [0.1, 0.15) is 32.6 Å². The Morgan fingerprint density at radius 3 is 2.60 bits per heavy atom. The molecule has 2 heteroatoms. The van der Waals surface area contributed by atoms with Gasteiger partial charge < -0.3 is 0 Å². The van der Waals surface area contributed by atoms with E-state index in [2.05, 4.69) is 4.90 Å². The normalized spacial score (nSPS) is 31.3. The highest BCUT2D eigenvalue weighted by molar-refractivity contribution is 5.89. The molecule has 0 aromatic rings. The fourth-order valence-electron chi connectivity index (χ4n) is 2.92. The minimum atomic E-state index is 0.245. The molecule has 0 N–H and O–H groups in total. The van der Waals surface area contributed by atoms with Crippen LogP contribution in [0.2, 0.25) is 0 Å². The number of piperidine rings is 1. The second-order valence-electron chi connectivity index (χ2n) is 4.99. The van der Waals surface area contributed by atoms with Gasteiger partial charge in [0.2, 0.25) is 0 Å². The number of carbonyl (C=O) groups is 1. The molecule has 2 aliphatic rings. The third-order valence-electron chi connectivity index (χ3n) is 3.70. The third-order valence-corrected chi connectivity index (χ3v) is 3.70. The summed E-state index contributed by atoms with van der Waals surface area (Å²) in [5, 5.41) is 0. The number of nitrogens with zero attached hydrogens (tertiary/aromatic N) is 1. The highest BCUT2D eigenvalue weighted by atomic mass is 16.1. The Balaban J connectivity index is 1.76. The molecule has 0 radical (unpaired) electrons. The smallest absolute Gasteiger partial charge is 0.155 e. The third kappa shape index (κ3) is 2.91. The molecule has 0 aromatic carbocycles. The van der Waals surface area contributed by atoms with Gasteiger partial charge in [-0.2, -0.15) is 0 Å². The van der Waals surface area contributed by atoms with Crippen molar-refractivity contribution >= 4 is 5.78 Å². The topological polar surface area (TPSA) is 20.3 Å². The van der Waals surface area contributed by atoms with Gasteiger partial charge in [-0.3, -0.25) is 9.69 Å². The van der Waals surface area contributed by atoms with Gasteiger partial charge in [0.15, 0.2) is 5.78 Å². The molecular weight excluding hydrogens is 186 g/mol. The van der Waals surface area contributed by atoms with Crippen LogP contribution in [0.25, 0.3) is 0 Å². The van der Waals surface area contributed by atoms with Gasteiger partial charge in [0.25, 0.3) is 0 Å². The average molecular weight is 207 g/mol. The standard InChI is InChI=1S/C13H21NO/c1-2-13(15)4-3-7-14-9-11-5-6-12(8-11)10-14/h3-4,11-12H,2,5-10H2,1H3/b4-3+. The van der Waals surface area contributed by atoms with Crippen LogP contribution in [0.3, 0.4) is 0 Å². The van der Waals surface area contributed by atoms with E-state index in [-0.39, 0.29) is 5.78 Å². The monoisotopic (exact) mass is 207 g/mol. The largest absolute Gasteiger partial charge is 0.299 e. The quantitative estimate of drug-likeness (QED) is 0.659. The van der Waals surface area contributed by atoms with Crippen molar-refractivity contribution in [3.63, 3.8) is 0 Å². The molecule has 2 atom stereocenters. The summed E-state index contributed by atoms with van der Waals surface area (Å²) in [6.45, 7) is 5.38. The Bertz CT molecular complexity index is 247. The zero-order valence-electron chi connectivity index (χ0n) is 9.61. The summed E-state index contributed by atoms with van der Waals surface area (Å²) in [6, 6.07) is 0. The van der Waals surface area contributed by atoms with Gasteiger partial charge in [-0.15, -0.1) is 0 Å². The van der Waals surface area contributed by atoms with Crippen LogP contribution in [0.4, 0.5) is 0 Å². The van der Waals surface area contributed by atoms with Crippen LogP contribution < -0.4 is 0 Å². The van der Waals surface area contributed by atoms with E-state index in [9.17, 15) is 4.79 Å². The average Bonchev–Trinajstić information content (AvgIpc) is 2.58. The first-order chi connectivity index (χ1) is 7.28. The predicted molar refractivity (Wildman–Crippen MR) is 61.7 cm³/mol. The Hall–Kier alpha value is -0.630. The zero-order chi connectivity index (χ0) is 10.7. The van der Waals surface area contributed by atoms with E-state index in [1.165, 1.54) is 32.4 Å². The zero-order valence-corrected chi connectivity index (χ0v) is 9.61. The molecule has 1 saturated heterocycles. The summed E-state index contributed by atoms with van der Waals surface area (Å²) in [5.41, 5.74) is 0. The van der Waals surface area contributed by atoms with E-state index in [4.69, 9.17) is 0 Å². The molecule has 0 aromatic heterocycles. The summed E-state index contributed by atoms with van der Waals surface area (Å²) in [7, 11) is 0. The van der Waals surface area contributed by atoms with E-state index in [0.717, 1.165) is 18.4 Å². The SMILES string of the molecule is CCC(=O)/C=C/CN1CC2CCC(C2)C1. The Labute approximate surface area is 92.3 Å². The van der Waals surface area contributed by atoms with Crippen LogP contribution in [0, 0.1) is 11.8 Å². The molecule has 2 nitrogen and oxygen atoms in total. The molecule has 15 heavy (non-hydrogen) atoms. The molecule has 1 aliphatic heterocycles. The molecule has 2 unspecified atom stereocenters. The lowest BCUT2D eigenvalue weighted by molar-refractivity contribution is -0.114. The van der Waals surface area contributed by atoms with Gasteiger partial charge in [-0.1, -0.05) is 13.0 Å². The van der Waals surface area contributed by atoms with Gasteiger partial charge in [-0.05, 0) is 37.2 Å². The van der Waals surface area contributed by atoms with Crippen molar-refractivity contribution in [2.75, 3.05) is 19.6 Å². The maximum atomic E-state index is 11.1. The second kappa shape index (κ2) is 4.93. The number of carbonyl (C=O) groups excluding carboxylic acids is 1. The van der Waals surface area contributed by atoms with Crippen LogP contribution in [-0.2, 0) is 4.79 Å². The maximum absolute atomic E-state index is 11.1. The molecule has 1 heterocycles. The number of rotatable bonds is 4. The Morgan fingerprint density at radius 1 is 1.33 bits per heavy atom. The number of hydrogen-bond donors (Lipinski definition) is 0. The maximum Gasteiger partial charge on any atom is 0.155 e. The molecular formula is C13H21NO. The fourth-order valence-corrected chi connectivity index (χ4v) is 2.92. The van der Waals surface area contributed by atoms with Crippen molar-refractivity contribution in [3.05, 3.63) is 12.2 Å². The van der Waals surface area contributed by atoms with Crippen LogP contribution in [0.15, 0.2) is 12.2 Å². The Kier molecular flexibility index (Phi) is 3.57. The Morgan fingerprint density at radius 2 is 2.00 bits per heavy atom. The highest BCUT2D eigenvalue weighted by Crippen LogP contribution is 2.35. The first-order valence-corrected chi connectivity index (χ1v) is 6.19. The lowest BCUT2D eigenvalue weighted by Crippen LogP contribution is -2.36. The van der Waals surface area contributed by atoms with E-state index in [0.29, 0.717) is 6.42 Å². The lowest BCUT2D eigenvalue weighted by atomic mass is 9.99. The predicted octanol–water partition coefficient (Wildman–Crippen LogP) is 2.25. The van der Waals surface area contributed by atoms with Crippen molar-refractivity contribution in [2.45, 2.75) is 32.6 Å². The van der Waals surface area contributed by atoms with Crippen molar-refractivity contribution in [1.82, 2.24) is 4.90 Å². The molecule has 1 aliphatic carbocycles. The second-order valence-corrected chi connectivity index (χ2v) is 4.99. The number of likely N-dealkylation sites (tertiary alicyclic amines) is 1. The molecule has 0 amide bonds. The van der Waals surface area contributed by atoms with Crippen molar-refractivity contribution < 1.29 is 4.79 Å². The van der Waals surface area contributed by atoms with Crippen LogP contribution in [-0.4, -0.2) is 30.3 Å². The van der Waals surface area contributed by atoms with E-state index in [1.54, 1.807) is 6.08 Å². The van der Waals surface area contributed by atoms with Gasteiger partial charge in [-0.25, -0.2) is 0 Å². The lowest BCUT2D eigenvalue weighted by Gasteiger charge is -2.30. The molecule has 0 spiro atoms. The summed E-state index contributed by atoms with van der Waals surface area (Å²) in [4.78, 5) is 13.6. The van der Waals surface area contributed by atoms with Gasteiger partial charge in [0, 0.05) is 26.1 Å². The summed E-state index contributed by atoms with van der Waals surface area (Å²) < 4.78 is 0. The van der Waals surface area contributed by atoms with Crippen LogP contribution in [0.5, 0.6) is 0 Å². The first kappa shape index (κ1) is 10.9. The molecule has 2 bridgehead atoms. The molecule has 2 rings (SSSR count). The van der Waals surface area contributed by atoms with Crippen molar-refractivity contribution in [1.29, 1.82) is 0 Å². The van der Waals surface area contributed by atoms with E-state index >= 15 is 0 Å². The van der Waals surface area contributed by atoms with Crippen LogP contribution >= 0.6 is 0 Å². The summed E-state index contributed by atoms with van der Waals surface area (Å²) in [6.07, 6.45) is 8.72. The van der Waals surface area contributed by atoms with Gasteiger partial charge in [0.1, 0.15) is 0 Å². The fraction of sp³-hybridized carbons (Fsp3) is 0.769.